The van der Waals surface area contributed by atoms with Gasteiger partial charge in [-0.3, -0.25) is 4.79 Å². The molecule has 0 aliphatic heterocycles. The molecule has 6 nitrogen and oxygen atoms in total. The average Bonchev–Trinajstić information content (AvgIpc) is 2.60. The van der Waals surface area contributed by atoms with Crippen LogP contribution in [0.25, 0.3) is 0 Å². The zero-order valence-corrected chi connectivity index (χ0v) is 18.6. The lowest BCUT2D eigenvalue weighted by atomic mass is 10.1. The maximum absolute atomic E-state index is 11.9. The number of carbonyl (C=O) groups excluding carboxylic acids is 1. The zero-order valence-electron chi connectivity index (χ0n) is 13.8. The van der Waals surface area contributed by atoms with Gasteiger partial charge in [0.15, 0.2) is 6.61 Å². The standard InChI is InChI=1S/C17H15Br3N2O4/c1-8-3-4-12(11(18)5-8)26-7-13(23)22-21-6-10-9(2)14(19)17(25)15(20)16(10)24/h3-6,24-25H,7H2,1-2H3,(H,22,23). The van der Waals surface area contributed by atoms with Crippen LogP contribution in [0.4, 0.5) is 0 Å². The first-order valence-electron chi connectivity index (χ1n) is 7.32. The number of halogens is 3. The Balaban J connectivity index is 2.01. The number of aryl methyl sites for hydroxylation is 1. The van der Waals surface area contributed by atoms with E-state index in [1.165, 1.54) is 6.21 Å². The van der Waals surface area contributed by atoms with E-state index in [4.69, 9.17) is 4.74 Å². The quantitative estimate of drug-likeness (QED) is 0.377. The molecule has 0 atom stereocenters. The number of aromatic hydroxyl groups is 2. The second-order valence-corrected chi connectivity index (χ2v) is 7.82. The highest BCUT2D eigenvalue weighted by Crippen LogP contribution is 2.43. The summed E-state index contributed by atoms with van der Waals surface area (Å²) in [5, 5.41) is 23.8. The number of hydrazone groups is 1. The maximum Gasteiger partial charge on any atom is 0.277 e. The second-order valence-electron chi connectivity index (χ2n) is 5.38. The summed E-state index contributed by atoms with van der Waals surface area (Å²) in [6.45, 7) is 3.43. The van der Waals surface area contributed by atoms with Crippen molar-refractivity contribution in [2.75, 3.05) is 6.61 Å². The maximum atomic E-state index is 11.9. The highest BCUT2D eigenvalue weighted by molar-refractivity contribution is 9.11. The number of nitrogens with zero attached hydrogens (tertiary/aromatic N) is 1. The van der Waals surface area contributed by atoms with Crippen LogP contribution >= 0.6 is 47.8 Å². The fourth-order valence-corrected chi connectivity index (χ4v) is 3.72. The van der Waals surface area contributed by atoms with Crippen LogP contribution in [0, 0.1) is 13.8 Å². The molecule has 0 saturated heterocycles. The van der Waals surface area contributed by atoms with Gasteiger partial charge in [0, 0.05) is 5.56 Å². The Morgan fingerprint density at radius 1 is 1.19 bits per heavy atom. The Morgan fingerprint density at radius 2 is 1.88 bits per heavy atom. The third-order valence-corrected chi connectivity index (χ3v) is 5.78. The van der Waals surface area contributed by atoms with Gasteiger partial charge in [0.2, 0.25) is 0 Å². The first kappa shape index (κ1) is 20.7. The van der Waals surface area contributed by atoms with Gasteiger partial charge in [-0.25, -0.2) is 5.43 Å². The van der Waals surface area contributed by atoms with Crippen molar-refractivity contribution in [2.24, 2.45) is 5.10 Å². The minimum Gasteiger partial charge on any atom is -0.506 e. The van der Waals surface area contributed by atoms with Gasteiger partial charge < -0.3 is 14.9 Å². The Kier molecular flexibility index (Phi) is 7.08. The van der Waals surface area contributed by atoms with Crippen LogP contribution in [0.2, 0.25) is 0 Å². The van der Waals surface area contributed by atoms with Crippen molar-refractivity contribution >= 4 is 59.9 Å². The molecular weight excluding hydrogens is 536 g/mol. The predicted molar refractivity (Wildman–Crippen MR) is 110 cm³/mol. The van der Waals surface area contributed by atoms with Crippen LogP contribution in [0.15, 0.2) is 36.7 Å². The molecule has 0 spiro atoms. The van der Waals surface area contributed by atoms with Gasteiger partial charge in [0.05, 0.1) is 15.2 Å². The summed E-state index contributed by atoms with van der Waals surface area (Å²) >= 11 is 9.70. The molecule has 9 heteroatoms. The molecule has 1 amide bonds. The molecular formula is C17H15Br3N2O4. The molecule has 26 heavy (non-hydrogen) atoms. The number of ether oxygens (including phenoxy) is 1. The fraction of sp³-hybridized carbons (Fsp3) is 0.176. The summed E-state index contributed by atoms with van der Waals surface area (Å²) < 4.78 is 6.74. The van der Waals surface area contributed by atoms with Crippen molar-refractivity contribution in [3.05, 3.63) is 48.3 Å². The van der Waals surface area contributed by atoms with E-state index in [1.807, 2.05) is 19.1 Å². The van der Waals surface area contributed by atoms with Crippen LogP contribution in [0.3, 0.4) is 0 Å². The number of nitrogens with one attached hydrogen (secondary N) is 1. The number of hydrogen-bond acceptors (Lipinski definition) is 5. The minimum absolute atomic E-state index is 0.113. The van der Waals surface area contributed by atoms with Gasteiger partial charge in [-0.15, -0.1) is 0 Å². The van der Waals surface area contributed by atoms with Crippen molar-refractivity contribution in [3.63, 3.8) is 0 Å². The zero-order chi connectivity index (χ0) is 19.4. The number of hydrogen-bond donors (Lipinski definition) is 3. The Hall–Kier alpha value is -1.58. The predicted octanol–water partition coefficient (Wildman–Crippen LogP) is 4.53. The van der Waals surface area contributed by atoms with E-state index in [0.29, 0.717) is 21.3 Å². The largest absolute Gasteiger partial charge is 0.506 e. The van der Waals surface area contributed by atoms with E-state index in [0.717, 1.165) is 10.0 Å². The first-order valence-corrected chi connectivity index (χ1v) is 9.70. The number of rotatable bonds is 5. The third-order valence-electron chi connectivity index (χ3n) is 3.44. The third kappa shape index (κ3) is 4.77. The molecule has 2 aromatic carbocycles. The summed E-state index contributed by atoms with van der Waals surface area (Å²) in [4.78, 5) is 11.9. The van der Waals surface area contributed by atoms with E-state index in [1.54, 1.807) is 13.0 Å². The lowest BCUT2D eigenvalue weighted by molar-refractivity contribution is -0.123. The molecule has 2 rings (SSSR count). The Bertz CT molecular complexity index is 856. The molecule has 3 N–H and O–H groups in total. The van der Waals surface area contributed by atoms with Crippen LogP contribution < -0.4 is 10.2 Å². The van der Waals surface area contributed by atoms with Gasteiger partial charge in [-0.05, 0) is 84.9 Å². The lowest BCUT2D eigenvalue weighted by Crippen LogP contribution is -2.24. The summed E-state index contributed by atoms with van der Waals surface area (Å²) in [5.41, 5.74) is 4.32. The van der Waals surface area contributed by atoms with Gasteiger partial charge in [-0.1, -0.05) is 6.07 Å². The number of amides is 1. The molecule has 0 heterocycles. The molecule has 0 bridgehead atoms. The Morgan fingerprint density at radius 3 is 2.54 bits per heavy atom. The highest BCUT2D eigenvalue weighted by atomic mass is 79.9. The lowest BCUT2D eigenvalue weighted by Gasteiger charge is -2.11. The van der Waals surface area contributed by atoms with Crippen molar-refractivity contribution in [2.45, 2.75) is 13.8 Å². The van der Waals surface area contributed by atoms with E-state index in [9.17, 15) is 15.0 Å². The van der Waals surface area contributed by atoms with Crippen molar-refractivity contribution < 1.29 is 19.7 Å². The molecule has 0 saturated carbocycles. The average molecular weight is 551 g/mol. The molecule has 0 aliphatic rings. The van der Waals surface area contributed by atoms with Crippen molar-refractivity contribution in [1.82, 2.24) is 5.43 Å². The van der Waals surface area contributed by atoms with Crippen molar-refractivity contribution in [1.29, 1.82) is 0 Å². The van der Waals surface area contributed by atoms with Crippen LogP contribution in [-0.2, 0) is 4.79 Å². The molecule has 138 valence electrons. The number of phenols is 2. The minimum atomic E-state index is -0.456. The van der Waals surface area contributed by atoms with E-state index in [-0.39, 0.29) is 22.6 Å². The molecule has 0 aromatic heterocycles. The highest BCUT2D eigenvalue weighted by Gasteiger charge is 2.17. The smallest absolute Gasteiger partial charge is 0.277 e. The van der Waals surface area contributed by atoms with E-state index < -0.39 is 5.91 Å². The number of carbonyl (C=O) groups is 1. The van der Waals surface area contributed by atoms with Crippen LogP contribution in [0.1, 0.15) is 16.7 Å². The summed E-state index contributed by atoms with van der Waals surface area (Å²) in [6.07, 6.45) is 1.29. The Labute approximate surface area is 175 Å². The normalized spacial score (nSPS) is 11.0. The van der Waals surface area contributed by atoms with Crippen LogP contribution in [0.5, 0.6) is 17.2 Å². The molecule has 0 unspecified atom stereocenters. The summed E-state index contributed by atoms with van der Waals surface area (Å²) in [6, 6.07) is 5.53. The molecule has 0 aliphatic carbocycles. The van der Waals surface area contributed by atoms with Crippen molar-refractivity contribution in [3.8, 4) is 17.2 Å². The SMILES string of the molecule is Cc1ccc(OCC(=O)NN=Cc2c(C)c(Br)c(O)c(Br)c2O)c(Br)c1. The number of phenolic OH excluding ortho intramolecular Hbond substituents is 2. The van der Waals surface area contributed by atoms with E-state index >= 15 is 0 Å². The van der Waals surface area contributed by atoms with Gasteiger partial charge in [0.1, 0.15) is 21.7 Å². The number of benzene rings is 2. The topological polar surface area (TPSA) is 91.2 Å². The molecule has 0 fully saturated rings. The van der Waals surface area contributed by atoms with Gasteiger partial charge in [0.25, 0.3) is 5.91 Å². The van der Waals surface area contributed by atoms with Crippen LogP contribution in [-0.4, -0.2) is 28.9 Å². The second kappa shape index (κ2) is 8.88. The van der Waals surface area contributed by atoms with Gasteiger partial charge in [-0.2, -0.15) is 5.10 Å². The summed E-state index contributed by atoms with van der Waals surface area (Å²) in [5.74, 6) is -0.198. The van der Waals surface area contributed by atoms with Gasteiger partial charge >= 0.3 is 0 Å². The fourth-order valence-electron chi connectivity index (χ4n) is 2.03. The van der Waals surface area contributed by atoms with E-state index in [2.05, 4.69) is 58.3 Å². The molecule has 2 aromatic rings. The summed E-state index contributed by atoms with van der Waals surface area (Å²) in [7, 11) is 0. The monoisotopic (exact) mass is 548 g/mol. The first-order chi connectivity index (χ1) is 12.2. The molecule has 0 radical (unpaired) electrons.